The molecule has 0 radical (unpaired) electrons. The average Bonchev–Trinajstić information content (AvgIpc) is 2.89. The van der Waals surface area contributed by atoms with Crippen molar-refractivity contribution in [1.29, 1.82) is 0 Å². The van der Waals surface area contributed by atoms with Gasteiger partial charge in [-0.25, -0.2) is 0 Å². The van der Waals surface area contributed by atoms with Gasteiger partial charge in [0.15, 0.2) is 5.75 Å². The van der Waals surface area contributed by atoms with Gasteiger partial charge in [-0.1, -0.05) is 42.5 Å². The molecule has 3 aromatic rings. The summed E-state index contributed by atoms with van der Waals surface area (Å²) in [6.45, 7) is 0. The number of rotatable bonds is 2. The zero-order valence-electron chi connectivity index (χ0n) is 11.1. The number of benzene rings is 3. The van der Waals surface area contributed by atoms with Crippen LogP contribution in [0.25, 0.3) is 22.9 Å². The lowest BCUT2D eigenvalue weighted by Gasteiger charge is -2.14. The maximum Gasteiger partial charge on any atom is 0.158 e. The van der Waals surface area contributed by atoms with E-state index >= 15 is 0 Å². The predicted molar refractivity (Wildman–Crippen MR) is 91.5 cm³/mol. The minimum absolute atomic E-state index is 0.650. The second kappa shape index (κ2) is 4.64. The zero-order chi connectivity index (χ0) is 14.4. The fraction of sp³-hybridized carbons (Fsp3) is 0. The number of anilines is 1. The third-order valence-electron chi connectivity index (χ3n) is 3.69. The molecule has 0 heterocycles. The summed E-state index contributed by atoms with van der Waals surface area (Å²) in [4.78, 5) is 0. The summed E-state index contributed by atoms with van der Waals surface area (Å²) in [5.41, 5.74) is 9.22. The minimum atomic E-state index is 0.650. The molecule has 1 aliphatic rings. The van der Waals surface area contributed by atoms with Crippen LogP contribution in [0.1, 0.15) is 11.1 Å². The number of nitrogens with two attached hydrogens (primary N) is 1. The number of halogens is 1. The van der Waals surface area contributed by atoms with E-state index in [2.05, 4.69) is 40.2 Å². The molecule has 0 saturated heterocycles. The van der Waals surface area contributed by atoms with Crippen LogP contribution in [-0.4, -0.2) is 0 Å². The van der Waals surface area contributed by atoms with Gasteiger partial charge in [-0.15, -0.1) is 0 Å². The van der Waals surface area contributed by atoms with Crippen molar-refractivity contribution in [2.45, 2.75) is 0 Å². The summed E-state index contributed by atoms with van der Waals surface area (Å²) in [6, 6.07) is 15.9. The predicted octanol–water partition coefficient (Wildman–Crippen LogP) is 5.46. The monoisotopic (exact) mass is 337 g/mol. The Bertz CT molecular complexity index is 899. The second-order valence-corrected chi connectivity index (χ2v) is 5.87. The lowest BCUT2D eigenvalue weighted by Crippen LogP contribution is -1.95. The molecule has 3 aromatic carbocycles. The van der Waals surface area contributed by atoms with Crippen LogP contribution in [0.2, 0.25) is 0 Å². The van der Waals surface area contributed by atoms with Gasteiger partial charge in [0.25, 0.3) is 0 Å². The Kier molecular flexibility index (Phi) is 2.76. The molecule has 21 heavy (non-hydrogen) atoms. The van der Waals surface area contributed by atoms with E-state index in [-0.39, 0.29) is 0 Å². The van der Waals surface area contributed by atoms with Gasteiger partial charge in [0.1, 0.15) is 5.75 Å². The summed E-state index contributed by atoms with van der Waals surface area (Å²) in [7, 11) is 0. The van der Waals surface area contributed by atoms with Crippen molar-refractivity contribution in [2.75, 3.05) is 5.73 Å². The van der Waals surface area contributed by atoms with Crippen molar-refractivity contribution in [2.24, 2.45) is 0 Å². The first-order valence-corrected chi connectivity index (χ1v) is 7.49. The molecule has 102 valence electrons. The Morgan fingerprint density at radius 2 is 1.71 bits per heavy atom. The zero-order valence-corrected chi connectivity index (χ0v) is 12.7. The lowest BCUT2D eigenvalue weighted by atomic mass is 10.0. The van der Waals surface area contributed by atoms with Gasteiger partial charge in [-0.3, -0.25) is 0 Å². The number of para-hydroxylation sites is 1. The number of nitrogen functional groups attached to an aromatic ring is 1. The Balaban J connectivity index is 1.95. The van der Waals surface area contributed by atoms with Gasteiger partial charge < -0.3 is 10.5 Å². The first kappa shape index (κ1) is 12.5. The fourth-order valence-corrected chi connectivity index (χ4v) is 3.11. The molecular formula is C18H12BrNO. The SMILES string of the molecule is Nc1cc2c3c(cccc3c1Oc1ccccc1Br)C=C2. The summed E-state index contributed by atoms with van der Waals surface area (Å²) in [6.07, 6.45) is 4.20. The molecule has 0 spiro atoms. The fourth-order valence-electron chi connectivity index (χ4n) is 2.74. The topological polar surface area (TPSA) is 35.2 Å². The van der Waals surface area contributed by atoms with Gasteiger partial charge in [0.2, 0.25) is 0 Å². The quantitative estimate of drug-likeness (QED) is 0.493. The van der Waals surface area contributed by atoms with Crippen molar-refractivity contribution in [3.63, 3.8) is 0 Å². The standard InChI is InChI=1S/C18H12BrNO/c19-14-6-1-2-7-16(14)21-18-13-5-3-4-11-8-9-12(17(11)13)10-15(18)20/h1-10H,20H2. The van der Waals surface area contributed by atoms with Crippen molar-refractivity contribution in [1.82, 2.24) is 0 Å². The van der Waals surface area contributed by atoms with E-state index < -0.39 is 0 Å². The highest BCUT2D eigenvalue weighted by Crippen LogP contribution is 2.43. The van der Waals surface area contributed by atoms with E-state index in [0.717, 1.165) is 21.2 Å². The van der Waals surface area contributed by atoms with E-state index in [4.69, 9.17) is 10.5 Å². The molecule has 3 heteroatoms. The second-order valence-electron chi connectivity index (χ2n) is 5.02. The van der Waals surface area contributed by atoms with Crippen LogP contribution >= 0.6 is 15.9 Å². The van der Waals surface area contributed by atoms with Gasteiger partial charge in [-0.05, 0) is 45.3 Å². The Morgan fingerprint density at radius 1 is 0.905 bits per heavy atom. The highest BCUT2D eigenvalue weighted by atomic mass is 79.9. The third kappa shape index (κ3) is 1.93. The number of hydrogen-bond donors (Lipinski definition) is 1. The number of ether oxygens (including phenoxy) is 1. The molecule has 0 aromatic heterocycles. The number of hydrogen-bond acceptors (Lipinski definition) is 2. The first-order chi connectivity index (χ1) is 10.2. The van der Waals surface area contributed by atoms with Crippen molar-refractivity contribution < 1.29 is 4.74 Å². The minimum Gasteiger partial charge on any atom is -0.453 e. The molecule has 2 N–H and O–H groups in total. The molecule has 0 saturated carbocycles. The normalized spacial score (nSPS) is 12.0. The van der Waals surface area contributed by atoms with Crippen molar-refractivity contribution >= 4 is 44.5 Å². The highest BCUT2D eigenvalue weighted by molar-refractivity contribution is 9.10. The Hall–Kier alpha value is -2.26. The van der Waals surface area contributed by atoms with Crippen LogP contribution in [0.3, 0.4) is 0 Å². The van der Waals surface area contributed by atoms with E-state index in [9.17, 15) is 0 Å². The molecule has 0 bridgehead atoms. The molecule has 1 aliphatic carbocycles. The van der Waals surface area contributed by atoms with E-state index in [0.29, 0.717) is 11.4 Å². The summed E-state index contributed by atoms with van der Waals surface area (Å²) < 4.78 is 7.00. The summed E-state index contributed by atoms with van der Waals surface area (Å²) >= 11 is 3.51. The van der Waals surface area contributed by atoms with Crippen molar-refractivity contribution in [3.8, 4) is 11.5 Å². The largest absolute Gasteiger partial charge is 0.453 e. The maximum atomic E-state index is 6.21. The van der Waals surface area contributed by atoms with Crippen LogP contribution in [0, 0.1) is 0 Å². The van der Waals surface area contributed by atoms with Gasteiger partial charge in [-0.2, -0.15) is 0 Å². The molecule has 0 amide bonds. The van der Waals surface area contributed by atoms with Crippen molar-refractivity contribution in [3.05, 3.63) is 64.1 Å². The van der Waals surface area contributed by atoms with Crippen LogP contribution in [-0.2, 0) is 0 Å². The van der Waals surface area contributed by atoms with E-state index in [1.807, 2.05) is 36.4 Å². The molecule has 2 nitrogen and oxygen atoms in total. The average molecular weight is 338 g/mol. The summed E-state index contributed by atoms with van der Waals surface area (Å²) in [5, 5.41) is 2.25. The molecule has 0 aliphatic heterocycles. The molecule has 0 unspecified atom stereocenters. The third-order valence-corrected chi connectivity index (χ3v) is 4.35. The highest BCUT2D eigenvalue weighted by Gasteiger charge is 2.16. The Labute approximate surface area is 131 Å². The Morgan fingerprint density at radius 3 is 2.57 bits per heavy atom. The first-order valence-electron chi connectivity index (χ1n) is 6.70. The van der Waals surface area contributed by atoms with Crippen LogP contribution < -0.4 is 10.5 Å². The lowest BCUT2D eigenvalue weighted by molar-refractivity contribution is 0.487. The molecule has 4 rings (SSSR count). The molecule has 0 atom stereocenters. The van der Waals surface area contributed by atoms with Crippen LogP contribution in [0.15, 0.2) is 53.0 Å². The van der Waals surface area contributed by atoms with E-state index in [1.165, 1.54) is 10.9 Å². The van der Waals surface area contributed by atoms with E-state index in [1.54, 1.807) is 0 Å². The van der Waals surface area contributed by atoms with Crippen LogP contribution in [0.4, 0.5) is 5.69 Å². The van der Waals surface area contributed by atoms with Gasteiger partial charge in [0.05, 0.1) is 10.2 Å². The summed E-state index contributed by atoms with van der Waals surface area (Å²) in [5.74, 6) is 1.47. The smallest absolute Gasteiger partial charge is 0.158 e. The molecule has 0 fully saturated rings. The maximum absolute atomic E-state index is 6.21. The van der Waals surface area contributed by atoms with Gasteiger partial charge in [0, 0.05) is 10.8 Å². The van der Waals surface area contributed by atoms with Crippen LogP contribution in [0.5, 0.6) is 11.5 Å². The van der Waals surface area contributed by atoms with Gasteiger partial charge >= 0.3 is 0 Å². The molecular weight excluding hydrogens is 326 g/mol.